The largest absolute Gasteiger partial charge is 0.490 e. The predicted octanol–water partition coefficient (Wildman–Crippen LogP) is -2.01. The lowest BCUT2D eigenvalue weighted by atomic mass is 10.5. The van der Waals surface area contributed by atoms with Gasteiger partial charge < -0.3 is 44.8 Å². The van der Waals surface area contributed by atoms with Gasteiger partial charge in [0.05, 0.1) is 13.2 Å². The molecule has 2 heterocycles. The summed E-state index contributed by atoms with van der Waals surface area (Å²) in [6.07, 6.45) is 0.250. The number of ether oxygens (including phenoxy) is 2. The molecular formula is C8H16N3O14P3. The highest BCUT2D eigenvalue weighted by atomic mass is 31.3. The zero-order chi connectivity index (χ0) is 21.8. The van der Waals surface area contributed by atoms with Crippen LogP contribution in [0.15, 0.2) is 17.1 Å². The molecule has 1 fully saturated rings. The summed E-state index contributed by atoms with van der Waals surface area (Å²) in [4.78, 5) is 55.2. The van der Waals surface area contributed by atoms with E-state index in [0.717, 1.165) is 0 Å². The van der Waals surface area contributed by atoms with Gasteiger partial charge in [0, 0.05) is 6.20 Å². The minimum Gasteiger partial charge on any atom is -0.391 e. The van der Waals surface area contributed by atoms with Crippen molar-refractivity contribution >= 4 is 29.3 Å². The monoisotopic (exact) mass is 471 g/mol. The fourth-order valence-corrected chi connectivity index (χ4v) is 4.15. The molecule has 0 amide bonds. The number of anilines is 1. The number of rotatable bonds is 6. The van der Waals surface area contributed by atoms with Crippen LogP contribution in [-0.4, -0.2) is 58.6 Å². The maximum Gasteiger partial charge on any atom is 0.490 e. The van der Waals surface area contributed by atoms with Gasteiger partial charge in [-0.2, -0.15) is 13.6 Å². The Balaban J connectivity index is 0.000000284. The maximum atomic E-state index is 11.4. The van der Waals surface area contributed by atoms with Crippen LogP contribution in [-0.2, 0) is 31.8 Å². The second-order valence-corrected chi connectivity index (χ2v) is 8.90. The molecule has 1 aliphatic rings. The molecule has 162 valence electrons. The highest BCUT2D eigenvalue weighted by molar-refractivity contribution is 7.66. The summed E-state index contributed by atoms with van der Waals surface area (Å²) in [5, 5.41) is 8.77. The third-order valence-electron chi connectivity index (χ3n) is 2.46. The maximum absolute atomic E-state index is 11.4. The zero-order valence-electron chi connectivity index (χ0n) is 13.5. The van der Waals surface area contributed by atoms with Crippen LogP contribution in [0.2, 0.25) is 0 Å². The molecule has 0 saturated carbocycles. The van der Waals surface area contributed by atoms with Crippen molar-refractivity contribution in [2.45, 2.75) is 12.5 Å². The number of phosphoric acid groups is 3. The quantitative estimate of drug-likeness (QED) is 0.221. The Hall–Kier alpha value is -1.03. The topological polar surface area (TPSA) is 270 Å². The van der Waals surface area contributed by atoms with E-state index in [-0.39, 0.29) is 19.0 Å². The van der Waals surface area contributed by atoms with E-state index >= 15 is 0 Å². The fourth-order valence-electron chi connectivity index (χ4n) is 1.61. The predicted molar refractivity (Wildman–Crippen MR) is 85.9 cm³/mol. The first-order chi connectivity index (χ1) is 12.6. The van der Waals surface area contributed by atoms with Gasteiger partial charge >= 0.3 is 29.2 Å². The van der Waals surface area contributed by atoms with Crippen LogP contribution in [0.1, 0.15) is 6.23 Å². The SMILES string of the molecule is Nc1ccn([C@H]2CO[C@@H](CO)O2)c(=O)n1.O=P(O)(O)OP(=O)(O)OP(=O)(O)O. The second-order valence-electron chi connectivity index (χ2n) is 4.69. The van der Waals surface area contributed by atoms with Crippen LogP contribution in [0.4, 0.5) is 5.82 Å². The molecule has 1 aromatic rings. The van der Waals surface area contributed by atoms with E-state index in [2.05, 4.69) is 13.6 Å². The minimum absolute atomic E-state index is 0.161. The summed E-state index contributed by atoms with van der Waals surface area (Å²) in [5.41, 5.74) is 4.85. The van der Waals surface area contributed by atoms with Crippen LogP contribution in [0.5, 0.6) is 0 Å². The van der Waals surface area contributed by atoms with Gasteiger partial charge in [0.1, 0.15) is 5.82 Å². The molecular weight excluding hydrogens is 455 g/mol. The van der Waals surface area contributed by atoms with Gasteiger partial charge in [-0.25, -0.2) is 18.5 Å². The zero-order valence-corrected chi connectivity index (χ0v) is 16.2. The minimum atomic E-state index is -5.46. The Bertz CT molecular complexity index is 834. The molecule has 0 unspecified atom stereocenters. The van der Waals surface area contributed by atoms with Gasteiger partial charge in [0.15, 0.2) is 12.5 Å². The summed E-state index contributed by atoms with van der Waals surface area (Å²) < 4.78 is 47.9. The Morgan fingerprint density at radius 3 is 2.11 bits per heavy atom. The molecule has 1 saturated heterocycles. The Labute approximate surface area is 155 Å². The van der Waals surface area contributed by atoms with Crippen molar-refractivity contribution in [3.8, 4) is 0 Å². The first kappa shape index (κ1) is 25.0. The van der Waals surface area contributed by atoms with Crippen molar-refractivity contribution in [3.05, 3.63) is 22.7 Å². The number of hydrogen-bond acceptors (Lipinski definition) is 11. The highest BCUT2D eigenvalue weighted by Crippen LogP contribution is 2.64. The molecule has 8 N–H and O–H groups in total. The lowest BCUT2D eigenvalue weighted by Crippen LogP contribution is -2.28. The molecule has 0 radical (unpaired) electrons. The second kappa shape index (κ2) is 9.65. The lowest BCUT2D eigenvalue weighted by molar-refractivity contribution is -0.0992. The molecule has 28 heavy (non-hydrogen) atoms. The normalized spacial score (nSPS) is 20.5. The lowest BCUT2D eigenvalue weighted by Gasteiger charge is -2.11. The van der Waals surface area contributed by atoms with Gasteiger partial charge in [-0.05, 0) is 6.07 Å². The van der Waals surface area contributed by atoms with Gasteiger partial charge in [0.2, 0.25) is 0 Å². The Kier molecular flexibility index (Phi) is 8.62. The molecule has 0 aromatic carbocycles. The van der Waals surface area contributed by atoms with Gasteiger partial charge in [-0.3, -0.25) is 4.57 Å². The first-order valence-electron chi connectivity index (χ1n) is 6.71. The Morgan fingerprint density at radius 1 is 1.18 bits per heavy atom. The fraction of sp³-hybridized carbons (Fsp3) is 0.500. The van der Waals surface area contributed by atoms with Crippen LogP contribution in [0.25, 0.3) is 0 Å². The molecule has 0 spiro atoms. The van der Waals surface area contributed by atoms with Crippen LogP contribution in [0, 0.1) is 0 Å². The van der Waals surface area contributed by atoms with Crippen molar-refractivity contribution in [2.75, 3.05) is 18.9 Å². The number of aromatic nitrogens is 2. The van der Waals surface area contributed by atoms with E-state index in [1.807, 2.05) is 0 Å². The number of nitrogens with zero attached hydrogens (tertiary/aromatic N) is 2. The number of aliphatic hydroxyl groups excluding tert-OH is 1. The van der Waals surface area contributed by atoms with E-state index in [1.165, 1.54) is 16.8 Å². The molecule has 1 aliphatic heterocycles. The summed E-state index contributed by atoms with van der Waals surface area (Å²) in [6.45, 7) is -0.0373. The first-order valence-corrected chi connectivity index (χ1v) is 11.3. The van der Waals surface area contributed by atoms with Crippen molar-refractivity contribution in [1.82, 2.24) is 9.55 Å². The Morgan fingerprint density at radius 2 is 1.71 bits per heavy atom. The number of hydrogen-bond donors (Lipinski definition) is 7. The van der Waals surface area contributed by atoms with E-state index < -0.39 is 41.7 Å². The number of nitrogen functional groups attached to an aromatic ring is 1. The third kappa shape index (κ3) is 9.45. The average Bonchev–Trinajstić information content (AvgIpc) is 2.91. The summed E-state index contributed by atoms with van der Waals surface area (Å²) in [5.74, 6) is 0.161. The van der Waals surface area contributed by atoms with Gasteiger partial charge in [0.25, 0.3) is 0 Å². The van der Waals surface area contributed by atoms with Gasteiger partial charge in [-0.15, -0.1) is 0 Å². The van der Waals surface area contributed by atoms with Crippen molar-refractivity contribution in [3.63, 3.8) is 0 Å². The third-order valence-corrected chi connectivity index (χ3v) is 5.82. The summed E-state index contributed by atoms with van der Waals surface area (Å²) in [7, 11) is -16.2. The molecule has 17 nitrogen and oxygen atoms in total. The molecule has 2 rings (SSSR count). The number of aliphatic hydroxyl groups is 1. The van der Waals surface area contributed by atoms with E-state index in [1.54, 1.807) is 0 Å². The molecule has 2 atom stereocenters. The van der Waals surface area contributed by atoms with Crippen molar-refractivity contribution in [1.29, 1.82) is 0 Å². The molecule has 0 aliphatic carbocycles. The van der Waals surface area contributed by atoms with Crippen molar-refractivity contribution in [2.24, 2.45) is 0 Å². The highest BCUT2D eigenvalue weighted by Gasteiger charge is 2.38. The van der Waals surface area contributed by atoms with E-state index in [4.69, 9.17) is 44.8 Å². The van der Waals surface area contributed by atoms with E-state index in [9.17, 15) is 18.5 Å². The van der Waals surface area contributed by atoms with Gasteiger partial charge in [-0.1, -0.05) is 0 Å². The van der Waals surface area contributed by atoms with Crippen LogP contribution >= 0.6 is 23.5 Å². The van der Waals surface area contributed by atoms with Crippen molar-refractivity contribution < 1.29 is 61.4 Å². The standard InChI is InChI=1S/C8H11N3O4.H5O10P3/c9-5-1-2-11(8(13)10-5)6-4-14-7(3-12)15-6;1-11(2,3)9-13(7,8)10-12(4,5)6/h1-2,6-7,12H,3-4H2,(H2,9,10,13);(H,7,8)(H2,1,2,3)(H2,4,5,6)/t6-,7-;/m1./s1. The number of nitrogens with two attached hydrogens (primary N) is 1. The molecule has 20 heteroatoms. The molecule has 1 aromatic heterocycles. The van der Waals surface area contributed by atoms with E-state index in [0.29, 0.717) is 0 Å². The van der Waals surface area contributed by atoms with Crippen LogP contribution < -0.4 is 11.4 Å². The molecule has 0 bridgehead atoms. The summed E-state index contributed by atoms with van der Waals surface area (Å²) >= 11 is 0. The average molecular weight is 471 g/mol. The van der Waals surface area contributed by atoms with Crippen LogP contribution in [0.3, 0.4) is 0 Å². The smallest absolute Gasteiger partial charge is 0.391 e. The summed E-state index contributed by atoms with van der Waals surface area (Å²) in [6, 6.07) is 1.50.